The van der Waals surface area contributed by atoms with Gasteiger partial charge in [-0.2, -0.15) is 5.26 Å². The zero-order valence-corrected chi connectivity index (χ0v) is 11.0. The molecule has 0 saturated heterocycles. The normalized spacial score (nSPS) is 11.7. The SMILES string of the molecule is CNCC(Nc1ncc(C#N)cn1)c1ccc(F)cc1. The monoisotopic (exact) mass is 271 g/mol. The van der Waals surface area contributed by atoms with E-state index in [4.69, 9.17) is 5.26 Å². The van der Waals surface area contributed by atoms with Crippen molar-refractivity contribution < 1.29 is 4.39 Å². The van der Waals surface area contributed by atoms with Gasteiger partial charge in [0.05, 0.1) is 24.0 Å². The standard InChI is InChI=1S/C14H14FN5/c1-17-9-13(11-2-4-12(15)5-3-11)20-14-18-7-10(6-16)8-19-14/h2-5,7-8,13,17H,9H2,1H3,(H,18,19,20). The molecule has 2 rings (SSSR count). The van der Waals surface area contributed by atoms with Crippen LogP contribution in [0, 0.1) is 17.1 Å². The summed E-state index contributed by atoms with van der Waals surface area (Å²) in [5.74, 6) is 0.153. The van der Waals surface area contributed by atoms with Crippen LogP contribution in [0.1, 0.15) is 17.2 Å². The van der Waals surface area contributed by atoms with Crippen LogP contribution in [0.4, 0.5) is 10.3 Å². The number of hydrogen-bond donors (Lipinski definition) is 2. The Kier molecular flexibility index (Phi) is 4.58. The predicted molar refractivity (Wildman–Crippen MR) is 73.4 cm³/mol. The second kappa shape index (κ2) is 6.59. The number of anilines is 1. The third kappa shape index (κ3) is 3.49. The van der Waals surface area contributed by atoms with Crippen LogP contribution in [0.15, 0.2) is 36.7 Å². The fourth-order valence-corrected chi connectivity index (χ4v) is 1.77. The van der Waals surface area contributed by atoms with Gasteiger partial charge in [-0.05, 0) is 24.7 Å². The van der Waals surface area contributed by atoms with Crippen molar-refractivity contribution >= 4 is 5.95 Å². The molecular weight excluding hydrogens is 257 g/mol. The Balaban J connectivity index is 2.16. The summed E-state index contributed by atoms with van der Waals surface area (Å²) in [6, 6.07) is 8.14. The molecule has 20 heavy (non-hydrogen) atoms. The molecule has 0 bridgehead atoms. The van der Waals surface area contributed by atoms with Gasteiger partial charge >= 0.3 is 0 Å². The predicted octanol–water partition coefficient (Wildman–Crippen LogP) is 1.86. The van der Waals surface area contributed by atoms with Gasteiger partial charge in [0, 0.05) is 6.54 Å². The van der Waals surface area contributed by atoms with Crippen molar-refractivity contribution in [3.63, 3.8) is 0 Å². The minimum atomic E-state index is -0.272. The first-order valence-electron chi connectivity index (χ1n) is 6.11. The first-order valence-corrected chi connectivity index (χ1v) is 6.11. The van der Waals surface area contributed by atoms with Gasteiger partial charge in [0.15, 0.2) is 0 Å². The molecule has 1 aromatic carbocycles. The van der Waals surface area contributed by atoms with Crippen molar-refractivity contribution in [1.29, 1.82) is 5.26 Å². The van der Waals surface area contributed by atoms with Crippen LogP contribution in [0.3, 0.4) is 0 Å². The van der Waals surface area contributed by atoms with Crippen molar-refractivity contribution in [1.82, 2.24) is 15.3 Å². The van der Waals surface area contributed by atoms with Crippen molar-refractivity contribution in [3.8, 4) is 6.07 Å². The zero-order chi connectivity index (χ0) is 14.4. The molecule has 0 spiro atoms. The highest BCUT2D eigenvalue weighted by Crippen LogP contribution is 2.17. The lowest BCUT2D eigenvalue weighted by Crippen LogP contribution is -2.24. The van der Waals surface area contributed by atoms with Crippen molar-refractivity contribution in [2.45, 2.75) is 6.04 Å². The summed E-state index contributed by atoms with van der Waals surface area (Å²) in [4.78, 5) is 8.14. The summed E-state index contributed by atoms with van der Waals surface area (Å²) in [6.45, 7) is 0.634. The van der Waals surface area contributed by atoms with Gasteiger partial charge in [0.2, 0.25) is 5.95 Å². The number of hydrogen-bond acceptors (Lipinski definition) is 5. The lowest BCUT2D eigenvalue weighted by molar-refractivity contribution is 0.624. The van der Waals surface area contributed by atoms with Crippen LogP contribution in [-0.4, -0.2) is 23.6 Å². The molecule has 0 aliphatic rings. The zero-order valence-electron chi connectivity index (χ0n) is 11.0. The van der Waals surface area contributed by atoms with Gasteiger partial charge in [0.25, 0.3) is 0 Å². The largest absolute Gasteiger partial charge is 0.346 e. The molecule has 1 aromatic heterocycles. The fraction of sp³-hybridized carbons (Fsp3) is 0.214. The van der Waals surface area contributed by atoms with E-state index in [2.05, 4.69) is 20.6 Å². The molecule has 0 amide bonds. The Morgan fingerprint density at radius 2 is 1.90 bits per heavy atom. The molecule has 5 nitrogen and oxygen atoms in total. The van der Waals surface area contributed by atoms with Gasteiger partial charge in [-0.15, -0.1) is 0 Å². The number of benzene rings is 1. The summed E-state index contributed by atoms with van der Waals surface area (Å²) in [5.41, 5.74) is 1.33. The maximum absolute atomic E-state index is 13.0. The molecule has 1 atom stereocenters. The Morgan fingerprint density at radius 3 is 2.45 bits per heavy atom. The summed E-state index contributed by atoms with van der Waals surface area (Å²) in [7, 11) is 1.83. The molecule has 0 saturated carbocycles. The van der Waals surface area contributed by atoms with Crippen molar-refractivity contribution in [2.24, 2.45) is 0 Å². The number of nitrogens with one attached hydrogen (secondary N) is 2. The van der Waals surface area contributed by atoms with Gasteiger partial charge in [-0.3, -0.25) is 0 Å². The Bertz CT molecular complexity index is 588. The van der Waals surface area contributed by atoms with E-state index in [1.165, 1.54) is 24.5 Å². The maximum atomic E-state index is 13.0. The number of rotatable bonds is 5. The molecule has 2 N–H and O–H groups in total. The quantitative estimate of drug-likeness (QED) is 0.868. The number of nitriles is 1. The molecule has 6 heteroatoms. The Hall–Kier alpha value is -2.52. The van der Waals surface area contributed by atoms with Gasteiger partial charge in [0.1, 0.15) is 11.9 Å². The fourth-order valence-electron chi connectivity index (χ4n) is 1.77. The topological polar surface area (TPSA) is 73.6 Å². The van der Waals surface area contributed by atoms with E-state index in [1.54, 1.807) is 12.1 Å². The lowest BCUT2D eigenvalue weighted by atomic mass is 10.1. The molecule has 1 unspecified atom stereocenters. The minimum Gasteiger partial charge on any atom is -0.346 e. The van der Waals surface area contributed by atoms with E-state index in [-0.39, 0.29) is 11.9 Å². The third-order valence-corrected chi connectivity index (χ3v) is 2.76. The summed E-state index contributed by atoms with van der Waals surface area (Å²) in [5, 5.41) is 14.9. The number of halogens is 1. The highest BCUT2D eigenvalue weighted by atomic mass is 19.1. The minimum absolute atomic E-state index is 0.0893. The van der Waals surface area contributed by atoms with E-state index in [1.807, 2.05) is 13.1 Å². The molecular formula is C14H14FN5. The second-order valence-electron chi connectivity index (χ2n) is 4.21. The molecule has 1 heterocycles. The lowest BCUT2D eigenvalue weighted by Gasteiger charge is -2.18. The van der Waals surface area contributed by atoms with E-state index in [0.717, 1.165) is 5.56 Å². The number of nitrogens with zero attached hydrogens (tertiary/aromatic N) is 3. The van der Waals surface area contributed by atoms with Gasteiger partial charge < -0.3 is 10.6 Å². The average Bonchev–Trinajstić information content (AvgIpc) is 2.48. The Labute approximate surface area is 116 Å². The van der Waals surface area contributed by atoms with Crippen LogP contribution in [0.2, 0.25) is 0 Å². The average molecular weight is 271 g/mol. The van der Waals surface area contributed by atoms with Crippen molar-refractivity contribution in [3.05, 3.63) is 53.6 Å². The first-order chi connectivity index (χ1) is 9.72. The highest BCUT2D eigenvalue weighted by Gasteiger charge is 2.12. The second-order valence-corrected chi connectivity index (χ2v) is 4.21. The van der Waals surface area contributed by atoms with Crippen LogP contribution >= 0.6 is 0 Å². The summed E-state index contributed by atoms with van der Waals surface area (Å²) < 4.78 is 13.0. The van der Waals surface area contributed by atoms with E-state index in [0.29, 0.717) is 18.1 Å². The van der Waals surface area contributed by atoms with Crippen molar-refractivity contribution in [2.75, 3.05) is 18.9 Å². The van der Waals surface area contributed by atoms with Crippen LogP contribution in [-0.2, 0) is 0 Å². The van der Waals surface area contributed by atoms with E-state index < -0.39 is 0 Å². The number of aromatic nitrogens is 2. The smallest absolute Gasteiger partial charge is 0.223 e. The maximum Gasteiger partial charge on any atom is 0.223 e. The molecule has 0 aliphatic heterocycles. The van der Waals surface area contributed by atoms with E-state index in [9.17, 15) is 4.39 Å². The molecule has 0 fully saturated rings. The highest BCUT2D eigenvalue weighted by molar-refractivity contribution is 5.34. The van der Waals surface area contributed by atoms with Gasteiger partial charge in [-0.1, -0.05) is 12.1 Å². The molecule has 102 valence electrons. The molecule has 0 aliphatic carbocycles. The number of likely N-dealkylation sites (N-methyl/N-ethyl adjacent to an activating group) is 1. The van der Waals surface area contributed by atoms with E-state index >= 15 is 0 Å². The van der Waals surface area contributed by atoms with Gasteiger partial charge in [-0.25, -0.2) is 14.4 Å². The molecule has 0 radical (unpaired) electrons. The van der Waals surface area contributed by atoms with Crippen LogP contribution in [0.5, 0.6) is 0 Å². The van der Waals surface area contributed by atoms with Crippen LogP contribution in [0.25, 0.3) is 0 Å². The molecule has 2 aromatic rings. The summed E-state index contributed by atoms with van der Waals surface area (Å²) >= 11 is 0. The third-order valence-electron chi connectivity index (χ3n) is 2.76. The Morgan fingerprint density at radius 1 is 1.25 bits per heavy atom. The van der Waals surface area contributed by atoms with Crippen LogP contribution < -0.4 is 10.6 Å². The summed E-state index contributed by atoms with van der Waals surface area (Å²) in [6.07, 6.45) is 2.91. The first kappa shape index (κ1) is 13.9.